The van der Waals surface area contributed by atoms with Crippen LogP contribution in [-0.4, -0.2) is 11.8 Å². The molecule has 5 heteroatoms. The van der Waals surface area contributed by atoms with Gasteiger partial charge in [0.2, 0.25) is 11.8 Å². The van der Waals surface area contributed by atoms with Gasteiger partial charge in [0, 0.05) is 18.7 Å². The molecule has 1 aromatic rings. The van der Waals surface area contributed by atoms with Crippen LogP contribution in [0.5, 0.6) is 0 Å². The van der Waals surface area contributed by atoms with E-state index in [9.17, 15) is 9.59 Å². The molecule has 0 aliphatic carbocycles. The number of hydrogen-bond acceptors (Lipinski definition) is 3. The molecule has 2 N–H and O–H groups in total. The van der Waals surface area contributed by atoms with Crippen LogP contribution in [0.3, 0.4) is 0 Å². The first-order chi connectivity index (χ1) is 9.89. The molecule has 0 saturated heterocycles. The Kier molecular flexibility index (Phi) is 5.92. The highest BCUT2D eigenvalue weighted by Crippen LogP contribution is 2.14. The Labute approximate surface area is 125 Å². The maximum atomic E-state index is 11.8. The van der Waals surface area contributed by atoms with Gasteiger partial charge >= 0.3 is 0 Å². The van der Waals surface area contributed by atoms with E-state index in [1.807, 2.05) is 31.2 Å². The normalized spacial score (nSPS) is 10.6. The number of nitriles is 1. The number of anilines is 1. The molecule has 0 heterocycles. The van der Waals surface area contributed by atoms with Crippen molar-refractivity contribution in [1.29, 1.82) is 5.26 Å². The molecule has 2 amide bonds. The average molecular weight is 287 g/mol. The van der Waals surface area contributed by atoms with E-state index in [2.05, 4.69) is 10.6 Å². The van der Waals surface area contributed by atoms with E-state index in [1.54, 1.807) is 19.9 Å². The molecule has 0 atom stereocenters. The van der Waals surface area contributed by atoms with E-state index in [-0.39, 0.29) is 11.8 Å². The van der Waals surface area contributed by atoms with Crippen LogP contribution in [-0.2, 0) is 16.1 Å². The van der Waals surface area contributed by atoms with Crippen LogP contribution >= 0.6 is 0 Å². The number of hydrogen-bond donors (Lipinski definition) is 2. The Hall–Kier alpha value is -2.35. The summed E-state index contributed by atoms with van der Waals surface area (Å²) in [4.78, 5) is 23.4. The van der Waals surface area contributed by atoms with Gasteiger partial charge < -0.3 is 10.6 Å². The van der Waals surface area contributed by atoms with E-state index >= 15 is 0 Å². The van der Waals surface area contributed by atoms with Gasteiger partial charge in [0.05, 0.1) is 6.07 Å². The summed E-state index contributed by atoms with van der Waals surface area (Å²) in [6, 6.07) is 9.25. The lowest BCUT2D eigenvalue weighted by Crippen LogP contribution is -2.35. The Morgan fingerprint density at radius 1 is 1.33 bits per heavy atom. The zero-order valence-corrected chi connectivity index (χ0v) is 12.7. The molecule has 0 spiro atoms. The lowest BCUT2D eigenvalue weighted by Gasteiger charge is -2.15. The van der Waals surface area contributed by atoms with Crippen molar-refractivity contribution >= 4 is 17.5 Å². The van der Waals surface area contributed by atoms with Crippen molar-refractivity contribution in [3.63, 3.8) is 0 Å². The summed E-state index contributed by atoms with van der Waals surface area (Å²) in [6.07, 6.45) is 1.28. The summed E-state index contributed by atoms with van der Waals surface area (Å²) in [5.74, 6) is -0.338. The molecule has 112 valence electrons. The summed E-state index contributed by atoms with van der Waals surface area (Å²) in [5.41, 5.74) is 0.526. The van der Waals surface area contributed by atoms with Crippen molar-refractivity contribution in [3.8, 4) is 6.07 Å². The largest absolute Gasteiger partial charge is 0.351 e. The lowest BCUT2D eigenvalue weighted by atomic mass is 9.95. The van der Waals surface area contributed by atoms with Crippen molar-refractivity contribution in [2.45, 2.75) is 40.2 Å². The monoisotopic (exact) mass is 287 g/mol. The molecule has 0 unspecified atom stereocenters. The van der Waals surface area contributed by atoms with Crippen molar-refractivity contribution < 1.29 is 9.59 Å². The molecule has 21 heavy (non-hydrogen) atoms. The van der Waals surface area contributed by atoms with Crippen molar-refractivity contribution in [2.75, 3.05) is 5.32 Å². The fourth-order valence-electron chi connectivity index (χ4n) is 1.66. The molecular weight excluding hydrogens is 266 g/mol. The first kappa shape index (κ1) is 16.7. The number of benzene rings is 1. The Morgan fingerprint density at radius 2 is 2.05 bits per heavy atom. The van der Waals surface area contributed by atoms with E-state index < -0.39 is 5.41 Å². The van der Waals surface area contributed by atoms with Gasteiger partial charge in [-0.3, -0.25) is 9.59 Å². The number of amides is 2. The zero-order chi connectivity index (χ0) is 15.9. The summed E-state index contributed by atoms with van der Waals surface area (Å²) in [6.45, 7) is 5.41. The number of nitrogens with one attached hydrogen (secondary N) is 2. The van der Waals surface area contributed by atoms with Crippen LogP contribution in [0, 0.1) is 16.7 Å². The third-order valence-corrected chi connectivity index (χ3v) is 2.99. The SMILES string of the molecule is CCCC(=O)Nc1cccc(CNC(=O)C(C)(C)C#N)c1. The lowest BCUT2D eigenvalue weighted by molar-refractivity contribution is -0.127. The molecule has 0 aliphatic heterocycles. The van der Waals surface area contributed by atoms with E-state index in [4.69, 9.17) is 5.26 Å². The molecule has 0 bridgehead atoms. The quantitative estimate of drug-likeness (QED) is 0.843. The third-order valence-electron chi connectivity index (χ3n) is 2.99. The highest BCUT2D eigenvalue weighted by Gasteiger charge is 2.26. The molecule has 0 fully saturated rings. The summed E-state index contributed by atoms with van der Waals surface area (Å²) >= 11 is 0. The van der Waals surface area contributed by atoms with Gasteiger partial charge in [0.1, 0.15) is 5.41 Å². The van der Waals surface area contributed by atoms with E-state index in [0.717, 1.165) is 12.0 Å². The van der Waals surface area contributed by atoms with E-state index in [1.165, 1.54) is 0 Å². The fourth-order valence-corrected chi connectivity index (χ4v) is 1.66. The Morgan fingerprint density at radius 3 is 2.67 bits per heavy atom. The maximum Gasteiger partial charge on any atom is 0.240 e. The predicted octanol–water partition coefficient (Wildman–Crippen LogP) is 2.59. The average Bonchev–Trinajstić information content (AvgIpc) is 2.45. The molecule has 0 saturated carbocycles. The standard InChI is InChI=1S/C16H21N3O2/c1-4-6-14(20)19-13-8-5-7-12(9-13)10-18-15(21)16(2,3)11-17/h5,7-9H,4,6,10H2,1-3H3,(H,18,21)(H,19,20). The number of carbonyl (C=O) groups is 2. The van der Waals surface area contributed by atoms with Gasteiger partial charge in [-0.1, -0.05) is 19.1 Å². The topological polar surface area (TPSA) is 82.0 Å². The van der Waals surface area contributed by atoms with Gasteiger partial charge in [0.25, 0.3) is 0 Å². The zero-order valence-electron chi connectivity index (χ0n) is 12.7. The van der Waals surface area contributed by atoms with E-state index in [0.29, 0.717) is 18.7 Å². The van der Waals surface area contributed by atoms with Gasteiger partial charge in [-0.05, 0) is 38.0 Å². The van der Waals surface area contributed by atoms with Crippen molar-refractivity contribution in [2.24, 2.45) is 5.41 Å². The summed E-state index contributed by atoms with van der Waals surface area (Å²) in [7, 11) is 0. The predicted molar refractivity (Wildman–Crippen MR) is 81.2 cm³/mol. The second kappa shape index (κ2) is 7.44. The summed E-state index contributed by atoms with van der Waals surface area (Å²) < 4.78 is 0. The molecular formula is C16H21N3O2. The second-order valence-corrected chi connectivity index (χ2v) is 5.42. The number of carbonyl (C=O) groups excluding carboxylic acids is 2. The van der Waals surface area contributed by atoms with Crippen LogP contribution in [0.1, 0.15) is 39.2 Å². The van der Waals surface area contributed by atoms with Gasteiger partial charge in [-0.2, -0.15) is 5.26 Å². The van der Waals surface area contributed by atoms with Gasteiger partial charge in [0.15, 0.2) is 0 Å². The molecule has 1 aromatic carbocycles. The molecule has 0 aliphatic rings. The minimum Gasteiger partial charge on any atom is -0.351 e. The first-order valence-corrected chi connectivity index (χ1v) is 6.97. The smallest absolute Gasteiger partial charge is 0.240 e. The second-order valence-electron chi connectivity index (χ2n) is 5.42. The van der Waals surface area contributed by atoms with Crippen molar-refractivity contribution in [1.82, 2.24) is 5.32 Å². The maximum absolute atomic E-state index is 11.8. The Bertz CT molecular complexity index is 559. The fraction of sp³-hybridized carbons (Fsp3) is 0.438. The Balaban J connectivity index is 2.63. The third kappa shape index (κ3) is 5.27. The number of nitrogens with zero attached hydrogens (tertiary/aromatic N) is 1. The molecule has 5 nitrogen and oxygen atoms in total. The van der Waals surface area contributed by atoms with Crippen LogP contribution in [0.15, 0.2) is 24.3 Å². The minimum absolute atomic E-state index is 0.0238. The summed E-state index contributed by atoms with van der Waals surface area (Å²) in [5, 5.41) is 14.4. The highest BCUT2D eigenvalue weighted by molar-refractivity contribution is 5.90. The molecule has 1 rings (SSSR count). The molecule has 0 radical (unpaired) electrons. The van der Waals surface area contributed by atoms with Crippen LogP contribution in [0.25, 0.3) is 0 Å². The van der Waals surface area contributed by atoms with Crippen LogP contribution < -0.4 is 10.6 Å². The first-order valence-electron chi connectivity index (χ1n) is 6.97. The van der Waals surface area contributed by atoms with Crippen molar-refractivity contribution in [3.05, 3.63) is 29.8 Å². The number of rotatable bonds is 6. The highest BCUT2D eigenvalue weighted by atomic mass is 16.2. The molecule has 0 aromatic heterocycles. The van der Waals surface area contributed by atoms with Crippen LogP contribution in [0.2, 0.25) is 0 Å². The van der Waals surface area contributed by atoms with Gasteiger partial charge in [-0.25, -0.2) is 0 Å². The van der Waals surface area contributed by atoms with Crippen LogP contribution in [0.4, 0.5) is 5.69 Å². The van der Waals surface area contributed by atoms with Gasteiger partial charge in [-0.15, -0.1) is 0 Å². The minimum atomic E-state index is -1.05.